The van der Waals surface area contributed by atoms with E-state index in [1.807, 2.05) is 37.3 Å². The van der Waals surface area contributed by atoms with Crippen LogP contribution in [0, 0.1) is 0 Å². The van der Waals surface area contributed by atoms with Crippen LogP contribution < -0.4 is 15.1 Å². The van der Waals surface area contributed by atoms with Gasteiger partial charge in [0.15, 0.2) is 6.04 Å². The Hall–Kier alpha value is -3.35. The van der Waals surface area contributed by atoms with Crippen LogP contribution >= 0.6 is 0 Å². The van der Waals surface area contributed by atoms with Crippen LogP contribution in [-0.4, -0.2) is 16.4 Å². The lowest BCUT2D eigenvalue weighted by molar-refractivity contribution is -0.782. The van der Waals surface area contributed by atoms with Crippen molar-refractivity contribution in [3.05, 3.63) is 66.4 Å². The first kappa shape index (κ1) is 16.5. The summed E-state index contributed by atoms with van der Waals surface area (Å²) in [6, 6.07) is 15.6. The second kappa shape index (κ2) is 7.48. The number of hydrogen-bond acceptors (Lipinski definition) is 5. The van der Waals surface area contributed by atoms with Gasteiger partial charge in [-0.25, -0.2) is 4.99 Å². The SMILES string of the molecule is CC(Cc1ccccc1O)[n+]1cc(N=C([O-])Nc2ccccc2)on1. The smallest absolute Gasteiger partial charge is 0.322 e. The number of anilines is 1. The first-order valence-corrected chi connectivity index (χ1v) is 7.84. The molecular weight excluding hydrogens is 320 g/mol. The van der Waals surface area contributed by atoms with Crippen LogP contribution in [0.5, 0.6) is 5.75 Å². The van der Waals surface area contributed by atoms with E-state index in [2.05, 4.69) is 15.6 Å². The molecule has 0 spiro atoms. The molecule has 1 atom stereocenters. The molecule has 7 heteroatoms. The van der Waals surface area contributed by atoms with Crippen molar-refractivity contribution >= 4 is 17.6 Å². The lowest BCUT2D eigenvalue weighted by atomic mass is 10.1. The summed E-state index contributed by atoms with van der Waals surface area (Å²) in [7, 11) is 0. The molecule has 0 saturated heterocycles. The number of nitrogens with one attached hydrogen (secondary N) is 1. The Morgan fingerprint density at radius 3 is 2.72 bits per heavy atom. The number of amidine groups is 1. The fourth-order valence-electron chi connectivity index (χ4n) is 2.37. The van der Waals surface area contributed by atoms with E-state index in [1.54, 1.807) is 35.1 Å². The molecule has 1 heterocycles. The Morgan fingerprint density at radius 1 is 1.24 bits per heavy atom. The highest BCUT2D eigenvalue weighted by Crippen LogP contribution is 2.20. The number of phenolic OH excluding ortho intramolecular Hbond substituents is 1. The van der Waals surface area contributed by atoms with Gasteiger partial charge in [-0.05, 0) is 22.9 Å². The minimum atomic E-state index is -0.539. The standard InChI is InChI=1S/C18H18N4O3/c1-13(11-14-7-5-6-10-16(14)23)22-12-17(25-21-22)20-18(24)19-15-8-3-2-4-9-15/h2-10,12-13H,11H2,1H3,(H2-,19,20,21,23,24). The normalized spacial score (nSPS) is 12.8. The Morgan fingerprint density at radius 2 is 1.96 bits per heavy atom. The van der Waals surface area contributed by atoms with Gasteiger partial charge in [-0.2, -0.15) is 0 Å². The zero-order valence-corrected chi connectivity index (χ0v) is 13.7. The fourth-order valence-corrected chi connectivity index (χ4v) is 2.37. The molecule has 7 nitrogen and oxygen atoms in total. The third kappa shape index (κ3) is 4.35. The third-order valence-electron chi connectivity index (χ3n) is 3.67. The minimum Gasteiger partial charge on any atom is -0.846 e. The summed E-state index contributed by atoms with van der Waals surface area (Å²) < 4.78 is 6.66. The first-order chi connectivity index (χ1) is 12.1. The number of phenols is 1. The molecule has 1 unspecified atom stereocenters. The van der Waals surface area contributed by atoms with E-state index in [-0.39, 0.29) is 17.7 Å². The van der Waals surface area contributed by atoms with Crippen LogP contribution in [-0.2, 0) is 6.42 Å². The first-order valence-electron chi connectivity index (χ1n) is 7.84. The third-order valence-corrected chi connectivity index (χ3v) is 3.67. The van der Waals surface area contributed by atoms with Gasteiger partial charge in [-0.15, -0.1) is 0 Å². The lowest BCUT2D eigenvalue weighted by Crippen LogP contribution is -2.39. The molecule has 1 aromatic heterocycles. The number of para-hydroxylation sites is 2. The predicted molar refractivity (Wildman–Crippen MR) is 90.4 cm³/mol. The van der Waals surface area contributed by atoms with Crippen LogP contribution in [0.4, 0.5) is 11.6 Å². The van der Waals surface area contributed by atoms with Crippen molar-refractivity contribution < 1.29 is 19.4 Å². The molecule has 25 heavy (non-hydrogen) atoms. The number of aromatic hydroxyl groups is 1. The highest BCUT2D eigenvalue weighted by Gasteiger charge is 2.20. The van der Waals surface area contributed by atoms with Gasteiger partial charge in [0, 0.05) is 24.6 Å². The topological polar surface area (TPSA) is 97.6 Å². The van der Waals surface area contributed by atoms with E-state index >= 15 is 0 Å². The Balaban J connectivity index is 1.67. The predicted octanol–water partition coefficient (Wildman–Crippen LogP) is 1.93. The Bertz CT molecular complexity index is 862. The number of hydrogen-bond donors (Lipinski definition) is 2. The summed E-state index contributed by atoms with van der Waals surface area (Å²) in [5, 5.41) is 28.3. The summed E-state index contributed by atoms with van der Waals surface area (Å²) in [4.78, 5) is 3.83. The van der Waals surface area contributed by atoms with Gasteiger partial charge in [0.05, 0.1) is 6.02 Å². The maximum atomic E-state index is 11.9. The van der Waals surface area contributed by atoms with Gasteiger partial charge >= 0.3 is 5.88 Å². The average Bonchev–Trinajstić information content (AvgIpc) is 3.06. The molecule has 128 valence electrons. The zero-order chi connectivity index (χ0) is 17.6. The van der Waals surface area contributed by atoms with Gasteiger partial charge < -0.3 is 15.5 Å². The van der Waals surface area contributed by atoms with Crippen molar-refractivity contribution in [2.45, 2.75) is 19.4 Å². The largest absolute Gasteiger partial charge is 0.846 e. The molecule has 0 fully saturated rings. The second-order valence-corrected chi connectivity index (χ2v) is 5.61. The van der Waals surface area contributed by atoms with E-state index in [0.29, 0.717) is 12.1 Å². The van der Waals surface area contributed by atoms with Gasteiger partial charge in [-0.3, -0.25) is 4.52 Å². The van der Waals surface area contributed by atoms with Crippen LogP contribution in [0.1, 0.15) is 18.5 Å². The molecule has 3 aromatic rings. The van der Waals surface area contributed by atoms with Crippen molar-refractivity contribution in [3.63, 3.8) is 0 Å². The molecule has 0 amide bonds. The summed E-state index contributed by atoms with van der Waals surface area (Å²) in [5.74, 6) is 0.350. The quantitative estimate of drug-likeness (QED) is 0.421. The molecule has 3 rings (SSSR count). The van der Waals surface area contributed by atoms with E-state index in [0.717, 1.165) is 5.56 Å². The molecule has 0 aliphatic heterocycles. The second-order valence-electron chi connectivity index (χ2n) is 5.61. The summed E-state index contributed by atoms with van der Waals surface area (Å²) in [6.45, 7) is 1.93. The van der Waals surface area contributed by atoms with E-state index in [9.17, 15) is 10.2 Å². The highest BCUT2D eigenvalue weighted by atomic mass is 16.5. The van der Waals surface area contributed by atoms with Gasteiger partial charge in [0.1, 0.15) is 5.75 Å². The maximum absolute atomic E-state index is 11.9. The number of aromatic nitrogens is 2. The van der Waals surface area contributed by atoms with Crippen LogP contribution in [0.3, 0.4) is 0 Å². The van der Waals surface area contributed by atoms with Crippen molar-refractivity contribution in [1.29, 1.82) is 0 Å². The fraction of sp³-hybridized carbons (Fsp3) is 0.167. The monoisotopic (exact) mass is 338 g/mol. The minimum absolute atomic E-state index is 0.0711. The van der Waals surface area contributed by atoms with Gasteiger partial charge in [0.2, 0.25) is 5.27 Å². The zero-order valence-electron chi connectivity index (χ0n) is 13.7. The van der Waals surface area contributed by atoms with Crippen molar-refractivity contribution in [2.24, 2.45) is 4.99 Å². The van der Waals surface area contributed by atoms with Crippen molar-refractivity contribution in [1.82, 2.24) is 5.27 Å². The van der Waals surface area contributed by atoms with Crippen LogP contribution in [0.15, 0.2) is 70.3 Å². The lowest BCUT2D eigenvalue weighted by Gasteiger charge is -2.11. The van der Waals surface area contributed by atoms with E-state index in [4.69, 9.17) is 4.52 Å². The van der Waals surface area contributed by atoms with E-state index < -0.39 is 6.02 Å². The summed E-state index contributed by atoms with van der Waals surface area (Å²) >= 11 is 0. The number of nitrogens with zero attached hydrogens (tertiary/aromatic N) is 3. The Labute approximate surface area is 144 Å². The molecule has 2 aromatic carbocycles. The highest BCUT2D eigenvalue weighted by molar-refractivity contribution is 5.86. The molecular formula is C18H18N4O3. The van der Waals surface area contributed by atoms with Crippen molar-refractivity contribution in [2.75, 3.05) is 5.32 Å². The molecule has 0 aliphatic rings. The number of benzene rings is 2. The van der Waals surface area contributed by atoms with E-state index in [1.165, 1.54) is 0 Å². The van der Waals surface area contributed by atoms with Crippen LogP contribution in [0.25, 0.3) is 0 Å². The Kier molecular flexibility index (Phi) is 4.94. The summed E-state index contributed by atoms with van der Waals surface area (Å²) in [5.41, 5.74) is 1.46. The maximum Gasteiger partial charge on any atom is 0.322 e. The molecule has 2 N–H and O–H groups in total. The molecule has 0 aliphatic carbocycles. The molecule has 0 radical (unpaired) electrons. The average molecular weight is 338 g/mol. The number of aliphatic imine (C=N–C) groups is 1. The van der Waals surface area contributed by atoms with Crippen molar-refractivity contribution in [3.8, 4) is 5.75 Å². The van der Waals surface area contributed by atoms with Gasteiger partial charge in [0.25, 0.3) is 6.20 Å². The summed E-state index contributed by atoms with van der Waals surface area (Å²) in [6.07, 6.45) is 2.12. The molecule has 0 bridgehead atoms. The molecule has 0 saturated carbocycles. The van der Waals surface area contributed by atoms with Crippen LogP contribution in [0.2, 0.25) is 0 Å². The number of rotatable bonds is 5. The van der Waals surface area contributed by atoms with Gasteiger partial charge in [-0.1, -0.05) is 36.4 Å².